The first-order chi connectivity index (χ1) is 14.3. The summed E-state index contributed by atoms with van der Waals surface area (Å²) in [5.41, 5.74) is 5.29. The zero-order valence-electron chi connectivity index (χ0n) is 16.4. The van der Waals surface area contributed by atoms with E-state index in [1.807, 2.05) is 30.5 Å². The van der Waals surface area contributed by atoms with Crippen LogP contribution in [0.5, 0.6) is 0 Å². The van der Waals surface area contributed by atoms with E-state index < -0.39 is 0 Å². The Morgan fingerprint density at radius 2 is 2.00 bits per heavy atom. The number of aryl methyl sites for hydroxylation is 2. The molecule has 2 aliphatic rings. The summed E-state index contributed by atoms with van der Waals surface area (Å²) in [7, 11) is 0. The number of aromatic nitrogens is 2. The number of benzene rings is 1. The molecule has 0 bridgehead atoms. The molecule has 3 heterocycles. The molecule has 0 spiro atoms. The van der Waals surface area contributed by atoms with Gasteiger partial charge in [-0.05, 0) is 61.4 Å². The number of carbonyl (C=O) groups is 1. The van der Waals surface area contributed by atoms with Gasteiger partial charge in [-0.15, -0.1) is 0 Å². The average Bonchev–Trinajstić information content (AvgIpc) is 3.20. The van der Waals surface area contributed by atoms with Crippen LogP contribution in [0.3, 0.4) is 0 Å². The van der Waals surface area contributed by atoms with Crippen molar-refractivity contribution in [2.75, 3.05) is 13.2 Å². The lowest BCUT2D eigenvalue weighted by molar-refractivity contribution is 0.0924. The van der Waals surface area contributed by atoms with Crippen LogP contribution in [0, 0.1) is 5.92 Å². The molecule has 1 saturated heterocycles. The van der Waals surface area contributed by atoms with Crippen LogP contribution in [0.25, 0.3) is 10.9 Å². The van der Waals surface area contributed by atoms with Crippen molar-refractivity contribution in [2.24, 2.45) is 5.92 Å². The summed E-state index contributed by atoms with van der Waals surface area (Å²) in [4.78, 5) is 21.9. The summed E-state index contributed by atoms with van der Waals surface area (Å²) in [6.45, 7) is 1.21. The molecule has 1 aromatic carbocycles. The van der Waals surface area contributed by atoms with Gasteiger partial charge < -0.3 is 10.1 Å². The second kappa shape index (κ2) is 7.91. The minimum absolute atomic E-state index is 0.00506. The van der Waals surface area contributed by atoms with E-state index in [1.54, 1.807) is 6.20 Å². The number of fused-ring (bicyclic) bond motifs is 2. The van der Waals surface area contributed by atoms with Crippen molar-refractivity contribution in [3.8, 4) is 0 Å². The zero-order chi connectivity index (χ0) is 19.6. The molecule has 0 saturated carbocycles. The molecule has 1 amide bonds. The molecular weight excluding hydrogens is 362 g/mol. The Morgan fingerprint density at radius 3 is 2.97 bits per heavy atom. The van der Waals surface area contributed by atoms with E-state index in [2.05, 4.69) is 27.4 Å². The molecule has 1 aliphatic heterocycles. The van der Waals surface area contributed by atoms with E-state index in [4.69, 9.17) is 4.74 Å². The van der Waals surface area contributed by atoms with E-state index in [9.17, 15) is 4.79 Å². The SMILES string of the molecule is O=C(N[C@H]1COC[C@H]1Cc1ccnc2ccccc12)c1cnc2c(c1)CCCC2. The normalized spacial score (nSPS) is 21.1. The highest BCUT2D eigenvalue weighted by molar-refractivity contribution is 5.94. The lowest BCUT2D eigenvalue weighted by Crippen LogP contribution is -2.40. The molecule has 5 nitrogen and oxygen atoms in total. The topological polar surface area (TPSA) is 64.1 Å². The van der Waals surface area contributed by atoms with Crippen LogP contribution in [0.4, 0.5) is 0 Å². The Morgan fingerprint density at radius 1 is 1.10 bits per heavy atom. The second-order valence-electron chi connectivity index (χ2n) is 8.11. The van der Waals surface area contributed by atoms with E-state index in [0.717, 1.165) is 30.5 Å². The Labute approximate surface area is 170 Å². The summed E-state index contributed by atoms with van der Waals surface area (Å²) < 4.78 is 5.74. The van der Waals surface area contributed by atoms with Gasteiger partial charge in [-0.3, -0.25) is 14.8 Å². The Balaban J connectivity index is 1.31. The largest absolute Gasteiger partial charge is 0.379 e. The van der Waals surface area contributed by atoms with E-state index in [-0.39, 0.29) is 17.9 Å². The van der Waals surface area contributed by atoms with E-state index >= 15 is 0 Å². The van der Waals surface area contributed by atoms with Crippen molar-refractivity contribution in [3.63, 3.8) is 0 Å². The molecule has 2 atom stereocenters. The van der Waals surface area contributed by atoms with Crippen molar-refractivity contribution in [1.29, 1.82) is 0 Å². The van der Waals surface area contributed by atoms with Crippen molar-refractivity contribution >= 4 is 16.8 Å². The minimum atomic E-state index is -0.0500. The van der Waals surface area contributed by atoms with E-state index in [0.29, 0.717) is 18.8 Å². The maximum absolute atomic E-state index is 12.9. The summed E-state index contributed by atoms with van der Waals surface area (Å²) >= 11 is 0. The molecule has 29 heavy (non-hydrogen) atoms. The number of ether oxygens (including phenoxy) is 1. The first-order valence-electron chi connectivity index (χ1n) is 10.5. The smallest absolute Gasteiger partial charge is 0.253 e. The van der Waals surface area contributed by atoms with Gasteiger partial charge in [0.25, 0.3) is 5.91 Å². The summed E-state index contributed by atoms with van der Waals surface area (Å²) in [5, 5.41) is 4.37. The summed E-state index contributed by atoms with van der Waals surface area (Å²) in [5.74, 6) is 0.196. The van der Waals surface area contributed by atoms with Crippen molar-refractivity contribution in [1.82, 2.24) is 15.3 Å². The number of amides is 1. The zero-order valence-corrected chi connectivity index (χ0v) is 16.4. The van der Waals surface area contributed by atoms with Crippen LogP contribution in [-0.2, 0) is 24.0 Å². The Kier molecular flexibility index (Phi) is 4.98. The van der Waals surface area contributed by atoms with Crippen molar-refractivity contribution in [2.45, 2.75) is 38.1 Å². The van der Waals surface area contributed by atoms with Crippen LogP contribution in [0.15, 0.2) is 48.8 Å². The van der Waals surface area contributed by atoms with Gasteiger partial charge in [0.05, 0.1) is 30.3 Å². The molecule has 2 aromatic heterocycles. The van der Waals surface area contributed by atoms with Crippen molar-refractivity contribution < 1.29 is 9.53 Å². The van der Waals surface area contributed by atoms with Gasteiger partial charge in [0, 0.05) is 29.4 Å². The maximum atomic E-state index is 12.9. The fourth-order valence-corrected chi connectivity index (χ4v) is 4.54. The van der Waals surface area contributed by atoms with Gasteiger partial charge in [0.15, 0.2) is 0 Å². The number of para-hydroxylation sites is 1. The number of hydrogen-bond acceptors (Lipinski definition) is 4. The number of pyridine rings is 2. The van der Waals surface area contributed by atoms with Crippen LogP contribution < -0.4 is 5.32 Å². The molecule has 5 rings (SSSR count). The highest BCUT2D eigenvalue weighted by Crippen LogP contribution is 2.25. The van der Waals surface area contributed by atoms with Gasteiger partial charge in [0.1, 0.15) is 0 Å². The molecule has 1 N–H and O–H groups in total. The third-order valence-corrected chi connectivity index (χ3v) is 6.17. The Hall–Kier alpha value is -2.79. The number of rotatable bonds is 4. The monoisotopic (exact) mass is 387 g/mol. The maximum Gasteiger partial charge on any atom is 0.253 e. The van der Waals surface area contributed by atoms with Crippen LogP contribution >= 0.6 is 0 Å². The highest BCUT2D eigenvalue weighted by Gasteiger charge is 2.30. The van der Waals surface area contributed by atoms with Gasteiger partial charge in [-0.2, -0.15) is 0 Å². The molecule has 1 aliphatic carbocycles. The predicted octanol–water partition coefficient (Wildman–Crippen LogP) is 3.50. The van der Waals surface area contributed by atoms with Gasteiger partial charge >= 0.3 is 0 Å². The fraction of sp³-hybridized carbons (Fsp3) is 0.375. The lowest BCUT2D eigenvalue weighted by Gasteiger charge is -2.20. The molecule has 3 aromatic rings. The predicted molar refractivity (Wildman–Crippen MR) is 112 cm³/mol. The standard InChI is InChI=1S/C24H25N3O2/c28-24(18-12-17-5-1-3-7-21(17)26-13-18)27-23-15-29-14-19(23)11-16-9-10-25-22-8-4-2-6-20(16)22/h2,4,6,8-10,12-13,19,23H,1,3,5,7,11,14-15H2,(H,27,28)/t19-,23+/m1/s1. The molecular formula is C24H25N3O2. The van der Waals surface area contributed by atoms with Gasteiger partial charge in [-0.25, -0.2) is 0 Å². The van der Waals surface area contributed by atoms with Crippen LogP contribution in [-0.4, -0.2) is 35.1 Å². The molecule has 0 radical (unpaired) electrons. The quantitative estimate of drug-likeness (QED) is 0.744. The minimum Gasteiger partial charge on any atom is -0.379 e. The third kappa shape index (κ3) is 3.75. The summed E-state index contributed by atoms with van der Waals surface area (Å²) in [6.07, 6.45) is 8.86. The second-order valence-corrected chi connectivity index (χ2v) is 8.11. The molecule has 0 unspecified atom stereocenters. The molecule has 1 fully saturated rings. The first-order valence-corrected chi connectivity index (χ1v) is 10.5. The average molecular weight is 387 g/mol. The van der Waals surface area contributed by atoms with E-state index in [1.165, 1.54) is 29.4 Å². The number of nitrogens with one attached hydrogen (secondary N) is 1. The molecule has 148 valence electrons. The van der Waals surface area contributed by atoms with Gasteiger partial charge in [0.2, 0.25) is 0 Å². The van der Waals surface area contributed by atoms with Crippen LogP contribution in [0.2, 0.25) is 0 Å². The summed E-state index contributed by atoms with van der Waals surface area (Å²) in [6, 6.07) is 12.3. The molecule has 5 heteroatoms. The lowest BCUT2D eigenvalue weighted by atomic mass is 9.92. The number of carbonyl (C=O) groups excluding carboxylic acids is 1. The van der Waals surface area contributed by atoms with Gasteiger partial charge in [-0.1, -0.05) is 18.2 Å². The Bertz CT molecular complexity index is 1040. The fourth-order valence-electron chi connectivity index (χ4n) is 4.54. The van der Waals surface area contributed by atoms with Crippen molar-refractivity contribution in [3.05, 3.63) is 71.2 Å². The number of hydrogen-bond donors (Lipinski definition) is 1. The third-order valence-electron chi connectivity index (χ3n) is 6.17. The highest BCUT2D eigenvalue weighted by atomic mass is 16.5. The first kappa shape index (κ1) is 18.3. The number of nitrogens with zero attached hydrogens (tertiary/aromatic N) is 2. The van der Waals surface area contributed by atoms with Crippen LogP contribution in [0.1, 0.15) is 40.0 Å².